The van der Waals surface area contributed by atoms with Crippen LogP contribution in [0.5, 0.6) is 0 Å². The van der Waals surface area contributed by atoms with Gasteiger partial charge in [0.2, 0.25) is 5.91 Å². The van der Waals surface area contributed by atoms with E-state index in [1.165, 1.54) is 0 Å². The second kappa shape index (κ2) is 7.95. The number of benzene rings is 1. The van der Waals surface area contributed by atoms with Crippen molar-refractivity contribution < 1.29 is 9.90 Å². The fourth-order valence-corrected chi connectivity index (χ4v) is 3.33. The number of aliphatic hydroxyl groups excluding tert-OH is 1. The number of rotatable bonds is 4. The number of aliphatic hydroxyl groups is 1. The molecule has 1 saturated heterocycles. The molecule has 1 aromatic heterocycles. The second-order valence-corrected chi connectivity index (χ2v) is 6.93. The van der Waals surface area contributed by atoms with Crippen molar-refractivity contribution in [3.63, 3.8) is 0 Å². The number of hydrogen-bond acceptors (Lipinski definition) is 4. The van der Waals surface area contributed by atoms with Crippen molar-refractivity contribution >= 4 is 23.3 Å². The SMILES string of the molecule is CN1CCCC(C(=O)Nc2ccc(Cc3cccc(Cl)c3)cn2)C1O. The summed E-state index contributed by atoms with van der Waals surface area (Å²) in [7, 11) is 1.83. The van der Waals surface area contributed by atoms with E-state index >= 15 is 0 Å². The highest BCUT2D eigenvalue weighted by Crippen LogP contribution is 2.22. The summed E-state index contributed by atoms with van der Waals surface area (Å²) in [6.45, 7) is 0.807. The van der Waals surface area contributed by atoms with Crippen LogP contribution < -0.4 is 5.32 Å². The number of hydrogen-bond donors (Lipinski definition) is 2. The fourth-order valence-electron chi connectivity index (χ4n) is 3.12. The number of aromatic nitrogens is 1. The Morgan fingerprint density at radius 1 is 1.36 bits per heavy atom. The Morgan fingerprint density at radius 2 is 2.20 bits per heavy atom. The molecule has 6 heteroatoms. The maximum atomic E-state index is 12.4. The highest BCUT2D eigenvalue weighted by molar-refractivity contribution is 6.30. The van der Waals surface area contributed by atoms with Gasteiger partial charge in [0, 0.05) is 17.8 Å². The Morgan fingerprint density at radius 3 is 2.92 bits per heavy atom. The van der Waals surface area contributed by atoms with Gasteiger partial charge in [-0.15, -0.1) is 0 Å². The number of carbonyl (C=O) groups excluding carboxylic acids is 1. The molecule has 0 aliphatic carbocycles. The number of pyridine rings is 1. The van der Waals surface area contributed by atoms with Gasteiger partial charge in [-0.25, -0.2) is 4.98 Å². The molecule has 1 aliphatic rings. The third-order valence-electron chi connectivity index (χ3n) is 4.55. The van der Waals surface area contributed by atoms with Crippen LogP contribution in [0.15, 0.2) is 42.6 Å². The molecule has 1 aliphatic heterocycles. The lowest BCUT2D eigenvalue weighted by atomic mass is 9.95. The number of halogens is 1. The molecule has 0 bridgehead atoms. The van der Waals surface area contributed by atoms with E-state index in [-0.39, 0.29) is 5.91 Å². The number of anilines is 1. The quantitative estimate of drug-likeness (QED) is 0.881. The molecule has 0 radical (unpaired) electrons. The number of amides is 1. The molecule has 2 atom stereocenters. The summed E-state index contributed by atoms with van der Waals surface area (Å²) in [6, 6.07) is 11.4. The minimum atomic E-state index is -0.740. The van der Waals surface area contributed by atoms with Crippen LogP contribution in [0.3, 0.4) is 0 Å². The van der Waals surface area contributed by atoms with Crippen LogP contribution in [0, 0.1) is 5.92 Å². The van der Waals surface area contributed by atoms with Crippen molar-refractivity contribution in [2.24, 2.45) is 5.92 Å². The van der Waals surface area contributed by atoms with E-state index in [9.17, 15) is 9.90 Å². The van der Waals surface area contributed by atoms with E-state index in [1.54, 1.807) is 17.2 Å². The molecule has 0 spiro atoms. The van der Waals surface area contributed by atoms with Crippen LogP contribution in [0.4, 0.5) is 5.82 Å². The third-order valence-corrected chi connectivity index (χ3v) is 4.78. The van der Waals surface area contributed by atoms with Crippen molar-refractivity contribution in [2.45, 2.75) is 25.5 Å². The number of carbonyl (C=O) groups is 1. The largest absolute Gasteiger partial charge is 0.378 e. The average Bonchev–Trinajstić information content (AvgIpc) is 2.59. The molecule has 1 aromatic carbocycles. The summed E-state index contributed by atoms with van der Waals surface area (Å²) in [5.74, 6) is -0.110. The van der Waals surface area contributed by atoms with Crippen molar-refractivity contribution in [3.05, 3.63) is 58.7 Å². The number of likely N-dealkylation sites (tertiary alicyclic amines) is 1. The van der Waals surface area contributed by atoms with E-state index in [0.717, 1.165) is 30.5 Å². The summed E-state index contributed by atoms with van der Waals surface area (Å²) < 4.78 is 0. The summed E-state index contributed by atoms with van der Waals surface area (Å²) in [5.41, 5.74) is 2.15. The van der Waals surface area contributed by atoms with Crippen LogP contribution in [0.1, 0.15) is 24.0 Å². The molecular formula is C19H22ClN3O2. The molecule has 132 valence electrons. The molecule has 3 rings (SSSR count). The van der Waals surface area contributed by atoms with Crippen LogP contribution in [0.25, 0.3) is 0 Å². The van der Waals surface area contributed by atoms with Crippen molar-refractivity contribution in [1.29, 1.82) is 0 Å². The molecule has 1 fully saturated rings. The van der Waals surface area contributed by atoms with Gasteiger partial charge in [0.05, 0.1) is 5.92 Å². The fraction of sp³-hybridized carbons (Fsp3) is 0.368. The minimum absolute atomic E-state index is 0.186. The van der Waals surface area contributed by atoms with Gasteiger partial charge in [0.25, 0.3) is 0 Å². The maximum absolute atomic E-state index is 12.4. The van der Waals surface area contributed by atoms with E-state index in [1.807, 2.05) is 37.4 Å². The van der Waals surface area contributed by atoms with E-state index in [2.05, 4.69) is 10.3 Å². The van der Waals surface area contributed by atoms with Gasteiger partial charge in [-0.2, -0.15) is 0 Å². The van der Waals surface area contributed by atoms with Gasteiger partial charge in [-0.3, -0.25) is 9.69 Å². The topological polar surface area (TPSA) is 65.5 Å². The molecule has 0 saturated carbocycles. The number of nitrogens with zero attached hydrogens (tertiary/aromatic N) is 2. The van der Waals surface area contributed by atoms with Crippen LogP contribution in [-0.4, -0.2) is 40.7 Å². The molecule has 2 aromatic rings. The normalized spacial score (nSPS) is 21.1. The van der Waals surface area contributed by atoms with Crippen LogP contribution in [0.2, 0.25) is 5.02 Å². The summed E-state index contributed by atoms with van der Waals surface area (Å²) in [5, 5.41) is 13.7. The minimum Gasteiger partial charge on any atom is -0.378 e. The summed E-state index contributed by atoms with van der Waals surface area (Å²) in [6.07, 6.45) is 3.33. The summed E-state index contributed by atoms with van der Waals surface area (Å²) >= 11 is 6.00. The third kappa shape index (κ3) is 4.57. The van der Waals surface area contributed by atoms with E-state index in [0.29, 0.717) is 17.3 Å². The zero-order chi connectivity index (χ0) is 17.8. The Hall–Kier alpha value is -1.95. The van der Waals surface area contributed by atoms with Gasteiger partial charge in [0.1, 0.15) is 12.0 Å². The molecule has 2 heterocycles. The predicted octanol–water partition coefficient (Wildman–Crippen LogP) is 2.92. The number of nitrogens with one attached hydrogen (secondary N) is 1. The van der Waals surface area contributed by atoms with Crippen molar-refractivity contribution in [1.82, 2.24) is 9.88 Å². The number of piperidine rings is 1. The Labute approximate surface area is 152 Å². The Balaban J connectivity index is 1.61. The smallest absolute Gasteiger partial charge is 0.232 e. The zero-order valence-corrected chi connectivity index (χ0v) is 14.9. The monoisotopic (exact) mass is 359 g/mol. The summed E-state index contributed by atoms with van der Waals surface area (Å²) in [4.78, 5) is 18.5. The molecule has 1 amide bonds. The van der Waals surface area contributed by atoms with Gasteiger partial charge >= 0.3 is 0 Å². The average molecular weight is 360 g/mol. The lowest BCUT2D eigenvalue weighted by molar-refractivity contribution is -0.132. The lowest BCUT2D eigenvalue weighted by Crippen LogP contribution is -2.47. The van der Waals surface area contributed by atoms with Gasteiger partial charge in [-0.1, -0.05) is 29.8 Å². The zero-order valence-electron chi connectivity index (χ0n) is 14.2. The molecule has 5 nitrogen and oxygen atoms in total. The second-order valence-electron chi connectivity index (χ2n) is 6.49. The Bertz CT molecular complexity index is 736. The van der Waals surface area contributed by atoms with Gasteiger partial charge in [-0.05, 0) is 55.6 Å². The maximum Gasteiger partial charge on any atom is 0.232 e. The Kier molecular flexibility index (Phi) is 5.68. The van der Waals surface area contributed by atoms with E-state index in [4.69, 9.17) is 11.6 Å². The first-order valence-electron chi connectivity index (χ1n) is 8.41. The first-order valence-corrected chi connectivity index (χ1v) is 8.79. The molecule has 2 unspecified atom stereocenters. The highest BCUT2D eigenvalue weighted by atomic mass is 35.5. The predicted molar refractivity (Wildman–Crippen MR) is 98.5 cm³/mol. The molecular weight excluding hydrogens is 338 g/mol. The first kappa shape index (κ1) is 17.9. The van der Waals surface area contributed by atoms with Crippen LogP contribution >= 0.6 is 11.6 Å². The van der Waals surface area contributed by atoms with Crippen LogP contribution in [-0.2, 0) is 11.2 Å². The highest BCUT2D eigenvalue weighted by Gasteiger charge is 2.32. The van der Waals surface area contributed by atoms with Gasteiger partial charge in [0.15, 0.2) is 0 Å². The first-order chi connectivity index (χ1) is 12.0. The molecule has 2 N–H and O–H groups in total. The van der Waals surface area contributed by atoms with E-state index < -0.39 is 12.1 Å². The van der Waals surface area contributed by atoms with Gasteiger partial charge < -0.3 is 10.4 Å². The lowest BCUT2D eigenvalue weighted by Gasteiger charge is -2.34. The standard InChI is InChI=1S/C19H22ClN3O2/c1-23-9-3-6-16(19(23)25)18(24)22-17-8-7-14(12-21-17)10-13-4-2-5-15(20)11-13/h2,4-5,7-8,11-12,16,19,25H,3,6,9-10H2,1H3,(H,21,22,24). The molecule has 25 heavy (non-hydrogen) atoms. The van der Waals surface area contributed by atoms with Crippen molar-refractivity contribution in [2.75, 3.05) is 18.9 Å². The van der Waals surface area contributed by atoms with Crippen molar-refractivity contribution in [3.8, 4) is 0 Å².